The Morgan fingerprint density at radius 3 is 1.61 bits per heavy atom. The summed E-state index contributed by atoms with van der Waals surface area (Å²) < 4.78 is 2.44. The molecule has 0 bridgehead atoms. The summed E-state index contributed by atoms with van der Waals surface area (Å²) in [7, 11) is 0. The Morgan fingerprint density at radius 1 is 0.295 bits per heavy atom. The van der Waals surface area contributed by atoms with E-state index in [0.717, 1.165) is 44.5 Å². The SMILES string of the molecule is c1ccc(-c2ccc(-c3nc(-c4ccc5ccccc5c4)nc(-c4ccccc4-c4ccc(-n5c6ccc7ccccc7c6c6ccc7ccccc7c65)cc4)n3)cc2)cc1. The van der Waals surface area contributed by atoms with E-state index in [1.807, 2.05) is 6.07 Å². The molecule has 10 aromatic carbocycles. The van der Waals surface area contributed by atoms with Gasteiger partial charge < -0.3 is 4.57 Å². The number of benzene rings is 10. The first-order chi connectivity index (χ1) is 30.2. The molecule has 12 aromatic rings. The first-order valence-corrected chi connectivity index (χ1v) is 20.7. The Bertz CT molecular complexity index is 3620. The molecule has 284 valence electrons. The summed E-state index contributed by atoms with van der Waals surface area (Å²) >= 11 is 0. The van der Waals surface area contributed by atoms with E-state index in [2.05, 4.69) is 217 Å². The third-order valence-corrected chi connectivity index (χ3v) is 12.0. The van der Waals surface area contributed by atoms with Gasteiger partial charge in [0.05, 0.1) is 11.0 Å². The summed E-state index contributed by atoms with van der Waals surface area (Å²) in [5.74, 6) is 1.89. The monoisotopic (exact) mass is 776 g/mol. The van der Waals surface area contributed by atoms with Crippen molar-refractivity contribution in [3.05, 3.63) is 218 Å². The summed E-state index contributed by atoms with van der Waals surface area (Å²) in [5.41, 5.74) is 10.8. The number of hydrogen-bond acceptors (Lipinski definition) is 3. The maximum absolute atomic E-state index is 5.21. The van der Waals surface area contributed by atoms with Crippen LogP contribution in [0.2, 0.25) is 0 Å². The van der Waals surface area contributed by atoms with Crippen molar-refractivity contribution in [1.82, 2.24) is 19.5 Å². The lowest BCUT2D eigenvalue weighted by atomic mass is 9.98. The van der Waals surface area contributed by atoms with Crippen LogP contribution in [0.4, 0.5) is 0 Å². The maximum Gasteiger partial charge on any atom is 0.164 e. The van der Waals surface area contributed by atoms with Gasteiger partial charge in [-0.15, -0.1) is 0 Å². The van der Waals surface area contributed by atoms with Crippen LogP contribution in [0.3, 0.4) is 0 Å². The predicted molar refractivity (Wildman–Crippen MR) is 254 cm³/mol. The lowest BCUT2D eigenvalue weighted by Gasteiger charge is -2.14. The van der Waals surface area contributed by atoms with E-state index < -0.39 is 0 Å². The zero-order chi connectivity index (χ0) is 40.3. The summed E-state index contributed by atoms with van der Waals surface area (Å²) in [6, 6.07) is 77.6. The third kappa shape index (κ3) is 5.96. The van der Waals surface area contributed by atoms with Gasteiger partial charge in [-0.3, -0.25) is 0 Å². The highest BCUT2D eigenvalue weighted by atomic mass is 15.0. The highest BCUT2D eigenvalue weighted by Gasteiger charge is 2.19. The molecule has 0 radical (unpaired) electrons. The molecule has 0 spiro atoms. The molecule has 0 unspecified atom stereocenters. The second kappa shape index (κ2) is 14.3. The standard InChI is InChI=1S/C57H36N4/c1-2-12-37(13-3-1)39-22-25-43(26-23-39)55-58-56(45-27-24-38-14-4-5-17-44(38)36-45)60-57(59-55)50-21-11-10-18-47(50)42-28-32-46(33-29-42)61-52-35-31-40-15-6-8-19-48(40)53(52)51-34-30-41-16-7-9-20-49(41)54(51)61/h1-36H. The molecule has 0 atom stereocenters. The fourth-order valence-electron chi connectivity index (χ4n) is 9.06. The van der Waals surface area contributed by atoms with Gasteiger partial charge in [0.15, 0.2) is 17.5 Å². The van der Waals surface area contributed by atoms with Crippen molar-refractivity contribution in [3.63, 3.8) is 0 Å². The summed E-state index contributed by atoms with van der Waals surface area (Å²) in [4.78, 5) is 15.5. The second-order valence-corrected chi connectivity index (χ2v) is 15.6. The Balaban J connectivity index is 1.00. The number of hydrogen-bond donors (Lipinski definition) is 0. The minimum Gasteiger partial charge on any atom is -0.309 e. The van der Waals surface area contributed by atoms with E-state index in [1.165, 1.54) is 54.3 Å². The Morgan fingerprint density at radius 2 is 0.820 bits per heavy atom. The predicted octanol–water partition coefficient (Wildman–Crippen LogP) is 14.8. The zero-order valence-electron chi connectivity index (χ0n) is 33.1. The molecule has 0 saturated carbocycles. The van der Waals surface area contributed by atoms with Gasteiger partial charge in [0.25, 0.3) is 0 Å². The lowest BCUT2D eigenvalue weighted by Crippen LogP contribution is -2.01. The topological polar surface area (TPSA) is 43.6 Å². The average Bonchev–Trinajstić information content (AvgIpc) is 3.69. The van der Waals surface area contributed by atoms with Crippen molar-refractivity contribution < 1.29 is 0 Å². The first kappa shape index (κ1) is 34.8. The van der Waals surface area contributed by atoms with Gasteiger partial charge in [-0.2, -0.15) is 0 Å². The van der Waals surface area contributed by atoms with Gasteiger partial charge >= 0.3 is 0 Å². The fraction of sp³-hybridized carbons (Fsp3) is 0. The molecule has 0 saturated heterocycles. The maximum atomic E-state index is 5.21. The summed E-state index contributed by atoms with van der Waals surface area (Å²) in [6.07, 6.45) is 0. The molecule has 0 aliphatic carbocycles. The number of nitrogens with zero attached hydrogens (tertiary/aromatic N) is 4. The van der Waals surface area contributed by atoms with E-state index in [0.29, 0.717) is 17.5 Å². The van der Waals surface area contributed by atoms with E-state index in [-0.39, 0.29) is 0 Å². The smallest absolute Gasteiger partial charge is 0.164 e. The minimum absolute atomic E-state index is 0.626. The van der Waals surface area contributed by atoms with Gasteiger partial charge in [-0.25, -0.2) is 15.0 Å². The molecular weight excluding hydrogens is 741 g/mol. The van der Waals surface area contributed by atoms with Gasteiger partial charge in [0.2, 0.25) is 0 Å². The molecule has 61 heavy (non-hydrogen) atoms. The lowest BCUT2D eigenvalue weighted by molar-refractivity contribution is 1.07. The van der Waals surface area contributed by atoms with Crippen LogP contribution in [0, 0.1) is 0 Å². The van der Waals surface area contributed by atoms with E-state index in [4.69, 9.17) is 15.0 Å². The van der Waals surface area contributed by atoms with Crippen LogP contribution in [0.1, 0.15) is 0 Å². The van der Waals surface area contributed by atoms with Crippen molar-refractivity contribution in [2.45, 2.75) is 0 Å². The van der Waals surface area contributed by atoms with Crippen LogP contribution in [0.5, 0.6) is 0 Å². The first-order valence-electron chi connectivity index (χ1n) is 20.7. The van der Waals surface area contributed by atoms with Crippen molar-refractivity contribution in [3.8, 4) is 62.1 Å². The normalized spacial score (nSPS) is 11.6. The second-order valence-electron chi connectivity index (χ2n) is 15.6. The number of fused-ring (bicyclic) bond motifs is 8. The minimum atomic E-state index is 0.626. The zero-order valence-corrected chi connectivity index (χ0v) is 33.1. The van der Waals surface area contributed by atoms with E-state index in [1.54, 1.807) is 0 Å². The third-order valence-electron chi connectivity index (χ3n) is 12.0. The van der Waals surface area contributed by atoms with Crippen molar-refractivity contribution in [2.75, 3.05) is 0 Å². The van der Waals surface area contributed by atoms with Crippen LogP contribution in [-0.4, -0.2) is 19.5 Å². The molecule has 0 fully saturated rings. The van der Waals surface area contributed by atoms with Gasteiger partial charge in [-0.05, 0) is 73.5 Å². The van der Waals surface area contributed by atoms with Gasteiger partial charge in [0.1, 0.15) is 0 Å². The van der Waals surface area contributed by atoms with E-state index >= 15 is 0 Å². The van der Waals surface area contributed by atoms with Crippen molar-refractivity contribution in [2.24, 2.45) is 0 Å². The van der Waals surface area contributed by atoms with Crippen LogP contribution in [0.25, 0.3) is 116 Å². The van der Waals surface area contributed by atoms with Crippen molar-refractivity contribution >= 4 is 54.1 Å². The quantitative estimate of drug-likeness (QED) is 0.169. The van der Waals surface area contributed by atoms with Crippen LogP contribution >= 0.6 is 0 Å². The van der Waals surface area contributed by atoms with Crippen molar-refractivity contribution in [1.29, 1.82) is 0 Å². The largest absolute Gasteiger partial charge is 0.309 e. The molecule has 2 heterocycles. The molecule has 4 heteroatoms. The number of aromatic nitrogens is 4. The molecule has 0 aliphatic rings. The molecule has 2 aromatic heterocycles. The fourth-order valence-corrected chi connectivity index (χ4v) is 9.06. The molecule has 0 aliphatic heterocycles. The molecule has 4 nitrogen and oxygen atoms in total. The molecule has 12 rings (SSSR count). The Hall–Kier alpha value is -8.21. The molecule has 0 N–H and O–H groups in total. The molecular formula is C57H36N4. The highest BCUT2D eigenvalue weighted by Crippen LogP contribution is 2.41. The summed E-state index contributed by atoms with van der Waals surface area (Å²) in [5, 5.41) is 9.80. The Kier molecular flexibility index (Phi) is 8.13. The Labute approximate surface area is 352 Å². The highest BCUT2D eigenvalue weighted by molar-refractivity contribution is 6.26. The van der Waals surface area contributed by atoms with E-state index in [9.17, 15) is 0 Å². The summed E-state index contributed by atoms with van der Waals surface area (Å²) in [6.45, 7) is 0. The van der Waals surface area contributed by atoms with Crippen LogP contribution in [-0.2, 0) is 0 Å². The van der Waals surface area contributed by atoms with Crippen LogP contribution in [0.15, 0.2) is 218 Å². The number of rotatable bonds is 6. The van der Waals surface area contributed by atoms with Gasteiger partial charge in [0, 0.05) is 38.5 Å². The van der Waals surface area contributed by atoms with Gasteiger partial charge in [-0.1, -0.05) is 194 Å². The van der Waals surface area contributed by atoms with Crippen LogP contribution < -0.4 is 0 Å². The molecule has 0 amide bonds. The average molecular weight is 777 g/mol.